The van der Waals surface area contributed by atoms with Crippen LogP contribution in [0.5, 0.6) is 11.5 Å². The van der Waals surface area contributed by atoms with Crippen LogP contribution in [0.2, 0.25) is 5.02 Å². The lowest BCUT2D eigenvalue weighted by Gasteiger charge is -2.12. The highest BCUT2D eigenvalue weighted by atomic mass is 35.5. The highest BCUT2D eigenvalue weighted by Crippen LogP contribution is 2.29. The number of ether oxygens (including phenoxy) is 3. The number of methoxy groups -OCH3 is 2. The molecule has 0 aliphatic heterocycles. The molecule has 172 valence electrons. The Kier molecular flexibility index (Phi) is 8.27. The topological polar surface area (TPSA) is 97.7 Å². The standard InChI is InChI=1S/C26H21ClN2O5/c1-32-22-12-9-18(24(14-22)34-16-19-5-3-4-6-23(19)27)13-20(15-28)25(30)29-21-10-7-17(8-11-21)26(31)33-2/h3-14H,16H2,1-2H3,(H,29,30)/b20-13+. The van der Waals surface area contributed by atoms with Gasteiger partial charge in [0.15, 0.2) is 0 Å². The van der Waals surface area contributed by atoms with Crippen LogP contribution in [-0.2, 0) is 16.1 Å². The molecule has 0 aromatic heterocycles. The van der Waals surface area contributed by atoms with E-state index in [1.54, 1.807) is 36.4 Å². The number of hydrogen-bond donors (Lipinski definition) is 1. The molecule has 3 rings (SSSR count). The third-order valence-corrected chi connectivity index (χ3v) is 5.16. The summed E-state index contributed by atoms with van der Waals surface area (Å²) in [5, 5.41) is 12.8. The van der Waals surface area contributed by atoms with Gasteiger partial charge in [-0.2, -0.15) is 5.26 Å². The van der Waals surface area contributed by atoms with Crippen LogP contribution in [0.3, 0.4) is 0 Å². The Hall–Kier alpha value is -4.28. The fourth-order valence-electron chi connectivity index (χ4n) is 2.97. The van der Waals surface area contributed by atoms with Crippen molar-refractivity contribution in [2.24, 2.45) is 0 Å². The molecule has 1 amide bonds. The average Bonchev–Trinajstić information content (AvgIpc) is 2.87. The minimum absolute atomic E-state index is 0.134. The zero-order chi connectivity index (χ0) is 24.5. The van der Waals surface area contributed by atoms with Gasteiger partial charge in [0.25, 0.3) is 5.91 Å². The van der Waals surface area contributed by atoms with Crippen molar-refractivity contribution >= 4 is 35.2 Å². The second-order valence-corrected chi connectivity index (χ2v) is 7.38. The molecule has 0 radical (unpaired) electrons. The largest absolute Gasteiger partial charge is 0.497 e. The molecule has 34 heavy (non-hydrogen) atoms. The number of rotatable bonds is 8. The highest BCUT2D eigenvalue weighted by Gasteiger charge is 2.13. The van der Waals surface area contributed by atoms with Crippen molar-refractivity contribution in [2.45, 2.75) is 6.61 Å². The van der Waals surface area contributed by atoms with Crippen molar-refractivity contribution in [1.29, 1.82) is 5.26 Å². The van der Waals surface area contributed by atoms with E-state index in [-0.39, 0.29) is 12.2 Å². The van der Waals surface area contributed by atoms with Crippen LogP contribution >= 0.6 is 11.6 Å². The summed E-state index contributed by atoms with van der Waals surface area (Å²) >= 11 is 6.21. The van der Waals surface area contributed by atoms with E-state index in [0.717, 1.165) is 5.56 Å². The van der Waals surface area contributed by atoms with Gasteiger partial charge in [-0.1, -0.05) is 29.8 Å². The van der Waals surface area contributed by atoms with E-state index in [2.05, 4.69) is 10.1 Å². The van der Waals surface area contributed by atoms with Crippen LogP contribution in [-0.4, -0.2) is 26.1 Å². The minimum Gasteiger partial charge on any atom is -0.497 e. The Bertz CT molecular complexity index is 1260. The third-order valence-electron chi connectivity index (χ3n) is 4.79. The summed E-state index contributed by atoms with van der Waals surface area (Å²) in [6, 6.07) is 20.4. The highest BCUT2D eigenvalue weighted by molar-refractivity contribution is 6.31. The number of carbonyl (C=O) groups is 2. The monoisotopic (exact) mass is 476 g/mol. The molecule has 0 unspecified atom stereocenters. The van der Waals surface area contributed by atoms with E-state index in [1.165, 1.54) is 32.4 Å². The Morgan fingerprint density at radius 1 is 1.06 bits per heavy atom. The number of amides is 1. The Morgan fingerprint density at radius 3 is 2.44 bits per heavy atom. The SMILES string of the molecule is COC(=O)c1ccc(NC(=O)/C(C#N)=C/c2ccc(OC)cc2OCc2ccccc2Cl)cc1. The molecule has 3 aromatic carbocycles. The van der Waals surface area contributed by atoms with Crippen molar-refractivity contribution in [3.63, 3.8) is 0 Å². The van der Waals surface area contributed by atoms with Crippen LogP contribution in [0.15, 0.2) is 72.3 Å². The van der Waals surface area contributed by atoms with Crippen molar-refractivity contribution in [2.75, 3.05) is 19.5 Å². The van der Waals surface area contributed by atoms with Gasteiger partial charge in [-0.25, -0.2) is 4.79 Å². The molecule has 1 N–H and O–H groups in total. The maximum atomic E-state index is 12.7. The molecular weight excluding hydrogens is 456 g/mol. The van der Waals surface area contributed by atoms with Gasteiger partial charge in [-0.05, 0) is 48.5 Å². The summed E-state index contributed by atoms with van der Waals surface area (Å²) < 4.78 is 15.9. The first-order valence-corrected chi connectivity index (χ1v) is 10.5. The number of esters is 1. The predicted molar refractivity (Wildman–Crippen MR) is 129 cm³/mol. The molecule has 0 aliphatic rings. The van der Waals surface area contributed by atoms with Gasteiger partial charge < -0.3 is 19.5 Å². The van der Waals surface area contributed by atoms with E-state index in [0.29, 0.717) is 33.3 Å². The average molecular weight is 477 g/mol. The number of halogens is 1. The molecule has 0 atom stereocenters. The Balaban J connectivity index is 1.82. The maximum absolute atomic E-state index is 12.7. The number of hydrogen-bond acceptors (Lipinski definition) is 6. The number of anilines is 1. The van der Waals surface area contributed by atoms with Crippen LogP contribution in [0.25, 0.3) is 6.08 Å². The summed E-state index contributed by atoms with van der Waals surface area (Å²) in [5.74, 6) is -0.122. The summed E-state index contributed by atoms with van der Waals surface area (Å²) in [7, 11) is 2.82. The molecule has 0 aliphatic carbocycles. The molecule has 3 aromatic rings. The van der Waals surface area contributed by atoms with Gasteiger partial charge in [0.1, 0.15) is 29.7 Å². The molecule has 0 saturated carbocycles. The molecule has 0 heterocycles. The fraction of sp³-hybridized carbons (Fsp3) is 0.115. The molecular formula is C26H21ClN2O5. The number of nitriles is 1. The minimum atomic E-state index is -0.610. The summed E-state index contributed by atoms with van der Waals surface area (Å²) in [4.78, 5) is 24.3. The zero-order valence-corrected chi connectivity index (χ0v) is 19.3. The summed E-state index contributed by atoms with van der Waals surface area (Å²) in [6.07, 6.45) is 1.43. The quantitative estimate of drug-likeness (QED) is 0.270. The van der Waals surface area contributed by atoms with Gasteiger partial charge >= 0.3 is 5.97 Å². The van der Waals surface area contributed by atoms with E-state index in [9.17, 15) is 14.9 Å². The number of carbonyl (C=O) groups excluding carboxylic acids is 2. The first kappa shape index (κ1) is 24.4. The van der Waals surface area contributed by atoms with Crippen LogP contribution in [0, 0.1) is 11.3 Å². The van der Waals surface area contributed by atoms with Gasteiger partial charge in [0.05, 0.1) is 19.8 Å². The summed E-state index contributed by atoms with van der Waals surface area (Å²) in [5.41, 5.74) is 1.93. The molecule has 0 saturated heterocycles. The second-order valence-electron chi connectivity index (χ2n) is 6.98. The summed E-state index contributed by atoms with van der Waals surface area (Å²) in [6.45, 7) is 0.189. The lowest BCUT2D eigenvalue weighted by atomic mass is 10.1. The van der Waals surface area contributed by atoms with Gasteiger partial charge in [-0.15, -0.1) is 0 Å². The molecule has 0 fully saturated rings. The predicted octanol–water partition coefficient (Wildman–Crippen LogP) is 5.26. The van der Waals surface area contributed by atoms with Gasteiger partial charge in [0.2, 0.25) is 0 Å². The van der Waals surface area contributed by atoms with Crippen molar-refractivity contribution in [3.8, 4) is 17.6 Å². The number of nitrogens with zero attached hydrogens (tertiary/aromatic N) is 1. The normalized spacial score (nSPS) is 10.7. The van der Waals surface area contributed by atoms with E-state index in [1.807, 2.05) is 24.3 Å². The van der Waals surface area contributed by atoms with Crippen molar-refractivity contribution < 1.29 is 23.8 Å². The maximum Gasteiger partial charge on any atom is 0.337 e. The lowest BCUT2D eigenvalue weighted by Crippen LogP contribution is -2.13. The first-order chi connectivity index (χ1) is 16.4. The second kappa shape index (κ2) is 11.5. The molecule has 0 bridgehead atoms. The van der Waals surface area contributed by atoms with Crippen LogP contribution in [0.1, 0.15) is 21.5 Å². The molecule has 7 nitrogen and oxygen atoms in total. The number of benzene rings is 3. The molecule has 0 spiro atoms. The van der Waals surface area contributed by atoms with Crippen LogP contribution in [0.4, 0.5) is 5.69 Å². The third kappa shape index (κ3) is 6.15. The van der Waals surface area contributed by atoms with Gasteiger partial charge in [0, 0.05) is 27.9 Å². The molecule has 8 heteroatoms. The van der Waals surface area contributed by atoms with Crippen molar-refractivity contribution in [1.82, 2.24) is 0 Å². The van der Waals surface area contributed by atoms with Crippen LogP contribution < -0.4 is 14.8 Å². The first-order valence-electron chi connectivity index (χ1n) is 10.1. The Labute approximate surface area is 202 Å². The fourth-order valence-corrected chi connectivity index (χ4v) is 3.16. The van der Waals surface area contributed by atoms with Crippen molar-refractivity contribution in [3.05, 3.63) is 94.0 Å². The smallest absolute Gasteiger partial charge is 0.337 e. The van der Waals surface area contributed by atoms with Gasteiger partial charge in [-0.3, -0.25) is 4.79 Å². The Morgan fingerprint density at radius 2 is 1.79 bits per heavy atom. The van der Waals surface area contributed by atoms with E-state index >= 15 is 0 Å². The number of nitrogens with one attached hydrogen (secondary N) is 1. The lowest BCUT2D eigenvalue weighted by molar-refractivity contribution is -0.112. The van der Waals surface area contributed by atoms with E-state index in [4.69, 9.17) is 21.1 Å². The zero-order valence-electron chi connectivity index (χ0n) is 18.5. The van der Waals surface area contributed by atoms with E-state index < -0.39 is 11.9 Å².